The minimum atomic E-state index is 0.112. The largest absolute Gasteiger partial charge is 0.378 e. The Kier molecular flexibility index (Phi) is 4.86. The predicted octanol–water partition coefficient (Wildman–Crippen LogP) is -0.0774. The molecule has 1 aromatic rings. The van der Waals surface area contributed by atoms with Crippen LogP contribution in [0.5, 0.6) is 0 Å². The number of carbonyl (C=O) groups is 1. The number of amides is 1. The maximum absolute atomic E-state index is 12.0. The van der Waals surface area contributed by atoms with Crippen LogP contribution in [-0.2, 0) is 22.5 Å². The summed E-state index contributed by atoms with van der Waals surface area (Å²) in [6, 6.07) is 0. The van der Waals surface area contributed by atoms with Gasteiger partial charge >= 0.3 is 0 Å². The molecule has 1 saturated heterocycles. The molecule has 7 heteroatoms. The topological polar surface area (TPSA) is 71.7 Å². The summed E-state index contributed by atoms with van der Waals surface area (Å²) in [6.45, 7) is 5.41. The lowest BCUT2D eigenvalue weighted by Gasteiger charge is -2.28. The Balaban J connectivity index is 1.79. The van der Waals surface area contributed by atoms with Gasteiger partial charge in [0.15, 0.2) is 5.82 Å². The minimum Gasteiger partial charge on any atom is -0.378 e. The van der Waals surface area contributed by atoms with Crippen molar-refractivity contribution in [3.63, 3.8) is 0 Å². The van der Waals surface area contributed by atoms with Gasteiger partial charge in [0.1, 0.15) is 0 Å². The van der Waals surface area contributed by atoms with Crippen LogP contribution in [0.2, 0.25) is 0 Å². The van der Waals surface area contributed by atoms with Gasteiger partial charge in [0, 0.05) is 19.5 Å². The maximum Gasteiger partial charge on any atom is 0.240 e. The SMILES string of the molecule is CCc1noc(CN(C)CC(=O)N2CCOCC2)n1. The molecular formula is C12H20N4O3. The Bertz CT molecular complexity index is 415. The van der Waals surface area contributed by atoms with Gasteiger partial charge in [0.25, 0.3) is 0 Å². The van der Waals surface area contributed by atoms with E-state index in [4.69, 9.17) is 9.26 Å². The third kappa shape index (κ3) is 4.00. The van der Waals surface area contributed by atoms with Crippen molar-refractivity contribution in [3.05, 3.63) is 11.7 Å². The van der Waals surface area contributed by atoms with Gasteiger partial charge in [-0.3, -0.25) is 9.69 Å². The number of carbonyl (C=O) groups excluding carboxylic acids is 1. The third-order valence-corrected chi connectivity index (χ3v) is 3.00. The average molecular weight is 268 g/mol. The summed E-state index contributed by atoms with van der Waals surface area (Å²) in [5.74, 6) is 1.36. The number of aromatic nitrogens is 2. The molecule has 1 aliphatic heterocycles. The summed E-state index contributed by atoms with van der Waals surface area (Å²) >= 11 is 0. The number of nitrogens with zero attached hydrogens (tertiary/aromatic N) is 4. The molecule has 19 heavy (non-hydrogen) atoms. The van der Waals surface area contributed by atoms with Crippen molar-refractivity contribution in [3.8, 4) is 0 Å². The number of likely N-dealkylation sites (N-methyl/N-ethyl adjacent to an activating group) is 1. The third-order valence-electron chi connectivity index (χ3n) is 3.00. The number of hydrogen-bond acceptors (Lipinski definition) is 6. The zero-order valence-electron chi connectivity index (χ0n) is 11.5. The second kappa shape index (κ2) is 6.63. The molecule has 1 amide bonds. The first kappa shape index (κ1) is 14.0. The molecule has 0 bridgehead atoms. The van der Waals surface area contributed by atoms with E-state index in [-0.39, 0.29) is 5.91 Å². The Morgan fingerprint density at radius 1 is 1.42 bits per heavy atom. The Hall–Kier alpha value is -1.47. The summed E-state index contributed by atoms with van der Waals surface area (Å²) in [5, 5.41) is 3.83. The van der Waals surface area contributed by atoms with Crippen molar-refractivity contribution in [2.24, 2.45) is 0 Å². The van der Waals surface area contributed by atoms with Gasteiger partial charge in [-0.2, -0.15) is 4.98 Å². The van der Waals surface area contributed by atoms with Crippen LogP contribution in [-0.4, -0.2) is 65.7 Å². The van der Waals surface area contributed by atoms with Crippen LogP contribution in [0.25, 0.3) is 0 Å². The second-order valence-electron chi connectivity index (χ2n) is 4.62. The number of hydrogen-bond donors (Lipinski definition) is 0. The van der Waals surface area contributed by atoms with Gasteiger partial charge in [-0.15, -0.1) is 0 Å². The molecule has 0 atom stereocenters. The molecule has 2 heterocycles. The lowest BCUT2D eigenvalue weighted by molar-refractivity contribution is -0.136. The van der Waals surface area contributed by atoms with Crippen LogP contribution in [0, 0.1) is 0 Å². The van der Waals surface area contributed by atoms with Crippen molar-refractivity contribution in [2.45, 2.75) is 19.9 Å². The van der Waals surface area contributed by atoms with Crippen molar-refractivity contribution in [1.82, 2.24) is 19.9 Å². The molecule has 0 N–H and O–H groups in total. The van der Waals surface area contributed by atoms with E-state index in [9.17, 15) is 4.79 Å². The summed E-state index contributed by atoms with van der Waals surface area (Å²) in [4.78, 5) is 20.0. The van der Waals surface area contributed by atoms with Crippen molar-refractivity contribution in [2.75, 3.05) is 39.9 Å². The molecule has 7 nitrogen and oxygen atoms in total. The maximum atomic E-state index is 12.0. The smallest absolute Gasteiger partial charge is 0.240 e. The van der Waals surface area contributed by atoms with Crippen LogP contribution < -0.4 is 0 Å². The molecule has 0 radical (unpaired) electrons. The van der Waals surface area contributed by atoms with Gasteiger partial charge < -0.3 is 14.2 Å². The molecule has 2 rings (SSSR count). The standard InChI is InChI=1S/C12H20N4O3/c1-3-10-13-11(19-14-10)8-15(2)9-12(17)16-4-6-18-7-5-16/h3-9H2,1-2H3. The lowest BCUT2D eigenvalue weighted by atomic mass is 10.3. The van der Waals surface area contributed by atoms with E-state index >= 15 is 0 Å². The molecule has 0 aromatic carbocycles. The fraction of sp³-hybridized carbons (Fsp3) is 0.750. The normalized spacial score (nSPS) is 16.1. The van der Waals surface area contributed by atoms with Crippen LogP contribution >= 0.6 is 0 Å². The van der Waals surface area contributed by atoms with E-state index in [1.54, 1.807) is 0 Å². The van der Waals surface area contributed by atoms with Crippen molar-refractivity contribution in [1.29, 1.82) is 0 Å². The highest BCUT2D eigenvalue weighted by molar-refractivity contribution is 5.78. The predicted molar refractivity (Wildman–Crippen MR) is 67.4 cm³/mol. The molecule has 0 unspecified atom stereocenters. The highest BCUT2D eigenvalue weighted by Gasteiger charge is 2.19. The molecule has 1 aliphatic rings. The monoisotopic (exact) mass is 268 g/mol. The van der Waals surface area contributed by atoms with Crippen LogP contribution in [0.1, 0.15) is 18.6 Å². The number of ether oxygens (including phenoxy) is 1. The van der Waals surface area contributed by atoms with E-state index in [1.165, 1.54) is 0 Å². The van der Waals surface area contributed by atoms with E-state index < -0.39 is 0 Å². The second-order valence-corrected chi connectivity index (χ2v) is 4.62. The van der Waals surface area contributed by atoms with E-state index in [0.29, 0.717) is 51.1 Å². The van der Waals surface area contributed by atoms with Crippen LogP contribution in [0.15, 0.2) is 4.52 Å². The Labute approximate surface area is 112 Å². The van der Waals surface area contributed by atoms with Crippen molar-refractivity contribution >= 4 is 5.91 Å². The van der Waals surface area contributed by atoms with Crippen molar-refractivity contribution < 1.29 is 14.1 Å². The highest BCUT2D eigenvalue weighted by atomic mass is 16.5. The molecule has 1 fully saturated rings. The Morgan fingerprint density at radius 2 is 2.16 bits per heavy atom. The zero-order chi connectivity index (χ0) is 13.7. The van der Waals surface area contributed by atoms with Gasteiger partial charge in [-0.1, -0.05) is 12.1 Å². The first-order valence-corrected chi connectivity index (χ1v) is 6.54. The molecule has 106 valence electrons. The summed E-state index contributed by atoms with van der Waals surface area (Å²) < 4.78 is 10.3. The first-order valence-electron chi connectivity index (χ1n) is 6.54. The number of aryl methyl sites for hydroxylation is 1. The van der Waals surface area contributed by atoms with Crippen LogP contribution in [0.4, 0.5) is 0 Å². The summed E-state index contributed by atoms with van der Waals surface area (Å²) in [6.07, 6.45) is 0.750. The van der Waals surface area contributed by atoms with E-state index in [1.807, 2.05) is 23.8 Å². The zero-order valence-corrected chi connectivity index (χ0v) is 11.5. The minimum absolute atomic E-state index is 0.112. The van der Waals surface area contributed by atoms with E-state index in [2.05, 4.69) is 10.1 Å². The van der Waals surface area contributed by atoms with Crippen LogP contribution in [0.3, 0.4) is 0 Å². The fourth-order valence-corrected chi connectivity index (χ4v) is 1.93. The van der Waals surface area contributed by atoms with Gasteiger partial charge in [-0.25, -0.2) is 0 Å². The molecule has 1 aromatic heterocycles. The number of rotatable bonds is 5. The quantitative estimate of drug-likeness (QED) is 0.744. The first-order chi connectivity index (χ1) is 9.19. The van der Waals surface area contributed by atoms with Gasteiger partial charge in [-0.05, 0) is 7.05 Å². The Morgan fingerprint density at radius 3 is 2.79 bits per heavy atom. The average Bonchev–Trinajstić information content (AvgIpc) is 2.87. The van der Waals surface area contributed by atoms with E-state index in [0.717, 1.165) is 6.42 Å². The molecule has 0 spiro atoms. The number of morpholine rings is 1. The van der Waals surface area contributed by atoms with Gasteiger partial charge in [0.2, 0.25) is 11.8 Å². The van der Waals surface area contributed by atoms with Gasteiger partial charge in [0.05, 0.1) is 26.3 Å². The highest BCUT2D eigenvalue weighted by Crippen LogP contribution is 2.03. The molecular weight excluding hydrogens is 248 g/mol. The molecule has 0 saturated carbocycles. The fourth-order valence-electron chi connectivity index (χ4n) is 1.93. The lowest BCUT2D eigenvalue weighted by Crippen LogP contribution is -2.44. The summed E-state index contributed by atoms with van der Waals surface area (Å²) in [5.41, 5.74) is 0. The molecule has 0 aliphatic carbocycles. The summed E-state index contributed by atoms with van der Waals surface area (Å²) in [7, 11) is 1.87.